The van der Waals surface area contributed by atoms with Crippen LogP contribution in [0, 0.1) is 0 Å². The van der Waals surface area contributed by atoms with Crippen LogP contribution in [0.4, 0.5) is 0 Å². The molecule has 0 saturated heterocycles. The lowest BCUT2D eigenvalue weighted by Crippen LogP contribution is -2.38. The molecule has 4 nitrogen and oxygen atoms in total. The van der Waals surface area contributed by atoms with Crippen LogP contribution in [-0.2, 0) is 9.59 Å². The third kappa shape index (κ3) is 3.53. The lowest BCUT2D eigenvalue weighted by molar-refractivity contribution is -0.138. The van der Waals surface area contributed by atoms with E-state index in [0.717, 1.165) is 0 Å². The molecule has 58 valence electrons. The zero-order valence-corrected chi connectivity index (χ0v) is 6.50. The second kappa shape index (κ2) is 5.32. The van der Waals surface area contributed by atoms with E-state index in [1.807, 2.05) is 0 Å². The average Bonchev–Trinajstić information content (AvgIpc) is 1.89. The van der Waals surface area contributed by atoms with Gasteiger partial charge in [0.05, 0.1) is 12.0 Å². The maximum atomic E-state index is 10.5. The summed E-state index contributed by atoms with van der Waals surface area (Å²) in [5.41, 5.74) is 0. The van der Waals surface area contributed by atoms with Gasteiger partial charge in [0.2, 0.25) is 0 Å². The van der Waals surface area contributed by atoms with Crippen molar-refractivity contribution < 1.29 is 9.59 Å². The monoisotopic (exact) mass is 184 g/mol. The molecule has 0 unspecified atom stereocenters. The van der Waals surface area contributed by atoms with Gasteiger partial charge in [-0.2, -0.15) is 0 Å². The Morgan fingerprint density at radius 1 is 1.00 bits per heavy atom. The molecule has 6 heteroatoms. The van der Waals surface area contributed by atoms with Gasteiger partial charge in [-0.3, -0.25) is 9.59 Å². The fourth-order valence-corrected chi connectivity index (χ4v) is 0.525. The summed E-state index contributed by atoms with van der Waals surface area (Å²) in [5, 5.41) is 4.17. The number of nitrogens with one attached hydrogen (secondary N) is 2. The Balaban J connectivity index is 3.60. The van der Waals surface area contributed by atoms with Gasteiger partial charge >= 0.3 is 11.8 Å². The van der Waals surface area contributed by atoms with Gasteiger partial charge in [0.15, 0.2) is 0 Å². The van der Waals surface area contributed by atoms with Gasteiger partial charge in [-0.25, -0.2) is 0 Å². The zero-order chi connectivity index (χ0) is 7.98. The highest BCUT2D eigenvalue weighted by Gasteiger charge is 2.09. The van der Waals surface area contributed by atoms with Crippen molar-refractivity contribution in [1.29, 1.82) is 0 Å². The number of halogens is 2. The molecule has 0 saturated carbocycles. The normalized spacial score (nSPS) is 8.60. The number of carbonyl (C=O) groups is 2. The number of hydrogen-bond acceptors (Lipinski definition) is 2. The fraction of sp³-hybridized carbons (Fsp3) is 0.500. The quantitative estimate of drug-likeness (QED) is 0.349. The molecule has 0 heterocycles. The summed E-state index contributed by atoms with van der Waals surface area (Å²) in [5.74, 6) is -1.56. The van der Waals surface area contributed by atoms with Crippen LogP contribution < -0.4 is 10.6 Å². The van der Waals surface area contributed by atoms with Crippen LogP contribution in [0.2, 0.25) is 0 Å². The summed E-state index contributed by atoms with van der Waals surface area (Å²) < 4.78 is 0. The molecule has 0 aromatic carbocycles. The Bertz CT molecular complexity index is 123. The van der Waals surface area contributed by atoms with E-state index in [9.17, 15) is 9.59 Å². The SMILES string of the molecule is O=C(NCCl)C(=O)NCCl. The van der Waals surface area contributed by atoms with E-state index in [4.69, 9.17) is 23.2 Å². The van der Waals surface area contributed by atoms with E-state index < -0.39 is 11.8 Å². The van der Waals surface area contributed by atoms with E-state index in [2.05, 4.69) is 10.6 Å². The van der Waals surface area contributed by atoms with E-state index in [-0.39, 0.29) is 12.0 Å². The predicted molar refractivity (Wildman–Crippen MR) is 37.7 cm³/mol. The van der Waals surface area contributed by atoms with Crippen molar-refractivity contribution in [2.75, 3.05) is 12.0 Å². The molecule has 0 aromatic rings. The van der Waals surface area contributed by atoms with Gasteiger partial charge < -0.3 is 10.6 Å². The summed E-state index contributed by atoms with van der Waals surface area (Å²) in [6, 6.07) is -0.178. The first-order valence-electron chi connectivity index (χ1n) is 2.40. The van der Waals surface area contributed by atoms with E-state index in [1.54, 1.807) is 0 Å². The molecule has 0 aliphatic rings. The molecule has 2 N–H and O–H groups in total. The van der Waals surface area contributed by atoms with Crippen LogP contribution in [0.1, 0.15) is 0 Å². The van der Waals surface area contributed by atoms with Crippen LogP contribution in [0.5, 0.6) is 0 Å². The minimum atomic E-state index is -0.782. The first kappa shape index (κ1) is 9.52. The number of alkyl halides is 2. The van der Waals surface area contributed by atoms with Crippen molar-refractivity contribution in [3.05, 3.63) is 0 Å². The summed E-state index contributed by atoms with van der Waals surface area (Å²) in [6.07, 6.45) is 0. The topological polar surface area (TPSA) is 58.2 Å². The van der Waals surface area contributed by atoms with Gasteiger partial charge in [-0.1, -0.05) is 0 Å². The number of amides is 2. The molecule has 0 rings (SSSR count). The van der Waals surface area contributed by atoms with Crippen molar-refractivity contribution in [3.8, 4) is 0 Å². The van der Waals surface area contributed by atoms with Crippen molar-refractivity contribution >= 4 is 35.0 Å². The second-order valence-corrected chi connectivity index (χ2v) is 1.81. The average molecular weight is 185 g/mol. The third-order valence-electron chi connectivity index (χ3n) is 0.661. The molecule has 10 heavy (non-hydrogen) atoms. The third-order valence-corrected chi connectivity index (χ3v) is 0.928. The van der Waals surface area contributed by atoms with Crippen LogP contribution in [0.25, 0.3) is 0 Å². The highest BCUT2D eigenvalue weighted by Crippen LogP contribution is 1.72. The Morgan fingerprint density at radius 3 is 1.50 bits per heavy atom. The van der Waals surface area contributed by atoms with Gasteiger partial charge in [-0.05, 0) is 0 Å². The molecular formula is C4H6Cl2N2O2. The minimum absolute atomic E-state index is 0.0888. The summed E-state index contributed by atoms with van der Waals surface area (Å²) in [7, 11) is 0. The van der Waals surface area contributed by atoms with Crippen LogP contribution in [-0.4, -0.2) is 23.8 Å². The van der Waals surface area contributed by atoms with Gasteiger partial charge in [0, 0.05) is 0 Å². The van der Waals surface area contributed by atoms with Gasteiger partial charge in [-0.15, -0.1) is 23.2 Å². The molecule has 0 aromatic heterocycles. The molecule has 0 fully saturated rings. The van der Waals surface area contributed by atoms with Crippen molar-refractivity contribution in [2.45, 2.75) is 0 Å². The number of rotatable bonds is 2. The number of carbonyl (C=O) groups excluding carboxylic acids is 2. The molecule has 0 bridgehead atoms. The fourth-order valence-electron chi connectivity index (χ4n) is 0.282. The smallest absolute Gasteiger partial charge is 0.310 e. The Labute approximate surface area is 67.9 Å². The van der Waals surface area contributed by atoms with Gasteiger partial charge in [0.1, 0.15) is 0 Å². The standard InChI is InChI=1S/C4H6Cl2N2O2/c5-1-7-3(9)4(10)8-2-6/h1-2H2,(H,7,9)(H,8,10). The largest absolute Gasteiger partial charge is 0.334 e. The second-order valence-electron chi connectivity index (χ2n) is 1.28. The Hall–Kier alpha value is -0.480. The summed E-state index contributed by atoms with van der Waals surface area (Å²) >= 11 is 10.2. The lowest BCUT2D eigenvalue weighted by atomic mass is 10.6. The number of hydrogen-bond donors (Lipinski definition) is 2. The van der Waals surface area contributed by atoms with E-state index >= 15 is 0 Å². The lowest BCUT2D eigenvalue weighted by Gasteiger charge is -1.98. The van der Waals surface area contributed by atoms with Crippen LogP contribution >= 0.6 is 23.2 Å². The molecular weight excluding hydrogens is 179 g/mol. The first-order chi connectivity index (χ1) is 4.72. The van der Waals surface area contributed by atoms with E-state index in [1.165, 1.54) is 0 Å². The highest BCUT2D eigenvalue weighted by molar-refractivity contribution is 6.37. The van der Waals surface area contributed by atoms with E-state index in [0.29, 0.717) is 0 Å². The van der Waals surface area contributed by atoms with Crippen LogP contribution in [0.3, 0.4) is 0 Å². The molecule has 0 radical (unpaired) electrons. The van der Waals surface area contributed by atoms with Crippen molar-refractivity contribution in [3.63, 3.8) is 0 Å². The highest BCUT2D eigenvalue weighted by atomic mass is 35.5. The molecule has 0 aliphatic carbocycles. The molecule has 0 aliphatic heterocycles. The predicted octanol–water partition coefficient (Wildman–Crippen LogP) is -0.389. The summed E-state index contributed by atoms with van der Waals surface area (Å²) in [4.78, 5) is 20.9. The van der Waals surface area contributed by atoms with Crippen LogP contribution in [0.15, 0.2) is 0 Å². The van der Waals surface area contributed by atoms with Crippen molar-refractivity contribution in [1.82, 2.24) is 10.6 Å². The Morgan fingerprint density at radius 2 is 1.30 bits per heavy atom. The molecule has 2 amide bonds. The maximum Gasteiger partial charge on any atom is 0.310 e. The zero-order valence-electron chi connectivity index (χ0n) is 4.99. The molecule has 0 atom stereocenters. The first-order valence-corrected chi connectivity index (χ1v) is 3.47. The maximum absolute atomic E-state index is 10.5. The Kier molecular flexibility index (Phi) is 5.06. The van der Waals surface area contributed by atoms with Gasteiger partial charge in [0.25, 0.3) is 0 Å². The van der Waals surface area contributed by atoms with Crippen molar-refractivity contribution in [2.24, 2.45) is 0 Å². The molecule has 0 spiro atoms. The minimum Gasteiger partial charge on any atom is -0.334 e. The summed E-state index contributed by atoms with van der Waals surface area (Å²) in [6.45, 7) is 0.